The van der Waals surface area contributed by atoms with Gasteiger partial charge in [0.1, 0.15) is 12.2 Å². The van der Waals surface area contributed by atoms with Crippen molar-refractivity contribution in [3.63, 3.8) is 0 Å². The molecule has 9 heteroatoms. The van der Waals surface area contributed by atoms with Crippen molar-refractivity contribution < 1.29 is 9.32 Å². The van der Waals surface area contributed by atoms with Crippen molar-refractivity contribution in [3.05, 3.63) is 59.8 Å². The molecule has 2 heterocycles. The molecule has 1 atom stereocenters. The fourth-order valence-electron chi connectivity index (χ4n) is 2.24. The van der Waals surface area contributed by atoms with E-state index in [-0.39, 0.29) is 18.6 Å². The highest BCUT2D eigenvalue weighted by molar-refractivity contribution is 5.74. The Balaban J connectivity index is 1.52. The lowest BCUT2D eigenvalue weighted by Gasteiger charge is -2.10. The number of rotatable bonds is 6. The Morgan fingerprint density at radius 3 is 2.84 bits per heavy atom. The molecule has 0 aliphatic rings. The summed E-state index contributed by atoms with van der Waals surface area (Å²) in [4.78, 5) is 20.3. The maximum absolute atomic E-state index is 12.0. The van der Waals surface area contributed by atoms with Gasteiger partial charge in [-0.3, -0.25) is 4.68 Å². The van der Waals surface area contributed by atoms with Crippen molar-refractivity contribution in [2.24, 2.45) is 7.05 Å². The minimum atomic E-state index is -0.382. The molecule has 9 nitrogen and oxygen atoms in total. The van der Waals surface area contributed by atoms with E-state index in [1.54, 1.807) is 18.7 Å². The van der Waals surface area contributed by atoms with Crippen molar-refractivity contribution in [2.45, 2.75) is 25.9 Å². The predicted octanol–water partition coefficient (Wildman–Crippen LogP) is 1.35. The number of amides is 2. The maximum atomic E-state index is 12.0. The number of benzene rings is 1. The van der Waals surface area contributed by atoms with E-state index in [9.17, 15) is 4.79 Å². The lowest BCUT2D eigenvalue weighted by atomic mass is 10.1. The fourth-order valence-corrected chi connectivity index (χ4v) is 2.24. The molecule has 3 rings (SSSR count). The third-order valence-electron chi connectivity index (χ3n) is 3.63. The van der Waals surface area contributed by atoms with Crippen LogP contribution in [0.25, 0.3) is 0 Å². The number of nitrogens with one attached hydrogen (secondary N) is 2. The van der Waals surface area contributed by atoms with E-state index in [4.69, 9.17) is 4.52 Å². The third-order valence-corrected chi connectivity index (χ3v) is 3.63. The summed E-state index contributed by atoms with van der Waals surface area (Å²) < 4.78 is 6.85. The van der Waals surface area contributed by atoms with Gasteiger partial charge in [-0.25, -0.2) is 9.78 Å². The second kappa shape index (κ2) is 7.56. The maximum Gasteiger partial charge on any atom is 0.315 e. The largest absolute Gasteiger partial charge is 0.339 e. The molecule has 0 aliphatic carbocycles. The van der Waals surface area contributed by atoms with Gasteiger partial charge in [-0.05, 0) is 12.5 Å². The molecule has 0 bridgehead atoms. The van der Waals surface area contributed by atoms with Crippen molar-refractivity contribution in [2.75, 3.05) is 0 Å². The van der Waals surface area contributed by atoms with Crippen molar-refractivity contribution >= 4 is 6.03 Å². The molecule has 0 fully saturated rings. The molecule has 1 aromatic carbocycles. The SMILES string of the molecule is C[C@H](NC(=O)NCc1ncnn1C)c1noc(Cc2ccccc2)n1. The lowest BCUT2D eigenvalue weighted by Crippen LogP contribution is -2.37. The highest BCUT2D eigenvalue weighted by Gasteiger charge is 2.16. The molecule has 2 amide bonds. The molecule has 0 saturated carbocycles. The summed E-state index contributed by atoms with van der Waals surface area (Å²) in [5.74, 6) is 1.60. The quantitative estimate of drug-likeness (QED) is 0.700. The number of carbonyl (C=O) groups is 1. The van der Waals surface area contributed by atoms with Crippen molar-refractivity contribution in [3.8, 4) is 0 Å². The van der Waals surface area contributed by atoms with Gasteiger partial charge in [-0.15, -0.1) is 0 Å². The lowest BCUT2D eigenvalue weighted by molar-refractivity contribution is 0.236. The Morgan fingerprint density at radius 2 is 2.12 bits per heavy atom. The number of hydrogen-bond donors (Lipinski definition) is 2. The number of hydrogen-bond acceptors (Lipinski definition) is 6. The Kier molecular flexibility index (Phi) is 5.03. The fraction of sp³-hybridized carbons (Fsp3) is 0.312. The molecule has 3 aromatic rings. The number of carbonyl (C=O) groups excluding carboxylic acids is 1. The average molecular weight is 341 g/mol. The summed E-state index contributed by atoms with van der Waals surface area (Å²) in [6.07, 6.45) is 1.99. The van der Waals surface area contributed by atoms with Gasteiger partial charge in [-0.1, -0.05) is 35.5 Å². The Morgan fingerprint density at radius 1 is 1.32 bits per heavy atom. The highest BCUT2D eigenvalue weighted by Crippen LogP contribution is 2.11. The molecule has 0 radical (unpaired) electrons. The third kappa shape index (κ3) is 4.40. The topological polar surface area (TPSA) is 111 Å². The van der Waals surface area contributed by atoms with Crippen LogP contribution >= 0.6 is 0 Å². The van der Waals surface area contributed by atoms with E-state index in [0.29, 0.717) is 24.0 Å². The molecule has 0 spiro atoms. The van der Waals surface area contributed by atoms with Gasteiger partial charge in [0.25, 0.3) is 0 Å². The monoisotopic (exact) mass is 341 g/mol. The molecule has 2 N–H and O–H groups in total. The summed E-state index contributed by atoms with van der Waals surface area (Å²) in [5, 5.41) is 13.4. The first-order chi connectivity index (χ1) is 12.1. The number of aromatic nitrogens is 5. The van der Waals surface area contributed by atoms with Crippen LogP contribution in [0.2, 0.25) is 0 Å². The number of aryl methyl sites for hydroxylation is 1. The zero-order valence-corrected chi connectivity index (χ0v) is 14.0. The second-order valence-electron chi connectivity index (χ2n) is 5.56. The first kappa shape index (κ1) is 16.6. The normalized spacial score (nSPS) is 11.9. The van der Waals surface area contributed by atoms with Gasteiger partial charge in [0.15, 0.2) is 5.82 Å². The summed E-state index contributed by atoms with van der Waals surface area (Å²) >= 11 is 0. The molecule has 2 aromatic heterocycles. The smallest absolute Gasteiger partial charge is 0.315 e. The Bertz CT molecular complexity index is 828. The first-order valence-electron chi connectivity index (χ1n) is 7.85. The molecule has 0 unspecified atom stereocenters. The van der Waals surface area contributed by atoms with E-state index in [1.807, 2.05) is 30.3 Å². The first-order valence-corrected chi connectivity index (χ1v) is 7.85. The van der Waals surface area contributed by atoms with Gasteiger partial charge in [0.2, 0.25) is 5.89 Å². The van der Waals surface area contributed by atoms with Crippen LogP contribution in [0.4, 0.5) is 4.79 Å². The summed E-state index contributed by atoms with van der Waals surface area (Å²) in [6.45, 7) is 2.07. The summed E-state index contributed by atoms with van der Waals surface area (Å²) in [7, 11) is 1.76. The van der Waals surface area contributed by atoms with Gasteiger partial charge in [0.05, 0.1) is 19.0 Å². The van der Waals surface area contributed by atoms with E-state index >= 15 is 0 Å². The van der Waals surface area contributed by atoms with Crippen LogP contribution in [0.1, 0.15) is 36.1 Å². The van der Waals surface area contributed by atoms with E-state index in [2.05, 4.69) is 30.9 Å². The summed E-state index contributed by atoms with van der Waals surface area (Å²) in [5.41, 5.74) is 1.08. The second-order valence-corrected chi connectivity index (χ2v) is 5.56. The van der Waals surface area contributed by atoms with Crippen LogP contribution in [0, 0.1) is 0 Å². The van der Waals surface area contributed by atoms with E-state index in [0.717, 1.165) is 5.56 Å². The minimum absolute atomic E-state index is 0.278. The van der Waals surface area contributed by atoms with Gasteiger partial charge < -0.3 is 15.2 Å². The van der Waals surface area contributed by atoms with Crippen LogP contribution < -0.4 is 10.6 Å². The summed E-state index contributed by atoms with van der Waals surface area (Å²) in [6, 6.07) is 9.12. The van der Waals surface area contributed by atoms with Crippen LogP contribution in [-0.2, 0) is 20.0 Å². The van der Waals surface area contributed by atoms with Crippen LogP contribution in [-0.4, -0.2) is 30.9 Å². The zero-order chi connectivity index (χ0) is 17.6. The molecule has 0 saturated heterocycles. The van der Waals surface area contributed by atoms with E-state index < -0.39 is 0 Å². The highest BCUT2D eigenvalue weighted by atomic mass is 16.5. The van der Waals surface area contributed by atoms with Crippen LogP contribution in [0.3, 0.4) is 0 Å². The molecule has 25 heavy (non-hydrogen) atoms. The minimum Gasteiger partial charge on any atom is -0.339 e. The molecule has 0 aliphatic heterocycles. The van der Waals surface area contributed by atoms with Gasteiger partial charge in [-0.2, -0.15) is 10.1 Å². The average Bonchev–Trinajstić information content (AvgIpc) is 3.23. The number of nitrogens with zero attached hydrogens (tertiary/aromatic N) is 5. The Labute approximate surface area is 144 Å². The Hall–Kier alpha value is -3.23. The van der Waals surface area contributed by atoms with E-state index in [1.165, 1.54) is 6.33 Å². The van der Waals surface area contributed by atoms with Crippen molar-refractivity contribution in [1.29, 1.82) is 0 Å². The predicted molar refractivity (Wildman–Crippen MR) is 88.3 cm³/mol. The molecule has 130 valence electrons. The molecular weight excluding hydrogens is 322 g/mol. The zero-order valence-electron chi connectivity index (χ0n) is 14.0. The van der Waals surface area contributed by atoms with Gasteiger partial charge >= 0.3 is 6.03 Å². The standard InChI is InChI=1S/C16H19N7O2/c1-11(20-16(24)17-9-13-18-10-19-23(13)2)15-21-14(25-22-15)8-12-6-4-3-5-7-12/h3-7,10-11H,8-9H2,1-2H3,(H2,17,20,24)/t11-/m0/s1. The van der Waals surface area contributed by atoms with Crippen LogP contribution in [0.15, 0.2) is 41.2 Å². The van der Waals surface area contributed by atoms with Crippen molar-refractivity contribution in [1.82, 2.24) is 35.5 Å². The van der Waals surface area contributed by atoms with Crippen LogP contribution in [0.5, 0.6) is 0 Å². The molecular formula is C16H19N7O2. The number of urea groups is 1. The van der Waals surface area contributed by atoms with Gasteiger partial charge in [0, 0.05) is 7.05 Å².